The van der Waals surface area contributed by atoms with Crippen LogP contribution in [0, 0.1) is 0 Å². The first kappa shape index (κ1) is 35.8. The first-order chi connectivity index (χ1) is 16.2. The molecule has 0 fully saturated rings. The van der Waals surface area contributed by atoms with Crippen molar-refractivity contribution in [1.29, 1.82) is 0 Å². The summed E-state index contributed by atoms with van der Waals surface area (Å²) < 4.78 is 31.5. The standard InChI is InChI=1S/C26H56P.C2HF3O2/c1-5-9-12-15-18-21-24-27(8-4,25-22-19-16-13-10-6-2)26-23-20-17-14-11-7-3;3-2(4,5)1(6)7/h5-26H2,1-4H3;(H,6,7)/q+1;/p-1. The van der Waals surface area contributed by atoms with E-state index >= 15 is 0 Å². The molecule has 0 atom stereocenters. The van der Waals surface area contributed by atoms with Gasteiger partial charge in [0.25, 0.3) is 0 Å². The second-order valence-electron chi connectivity index (χ2n) is 9.92. The summed E-state index contributed by atoms with van der Waals surface area (Å²) in [6, 6.07) is 0. The van der Waals surface area contributed by atoms with E-state index in [9.17, 15) is 13.2 Å². The van der Waals surface area contributed by atoms with Crippen LogP contribution < -0.4 is 5.11 Å². The number of carboxylic acids is 1. The molecule has 0 radical (unpaired) electrons. The van der Waals surface area contributed by atoms with Gasteiger partial charge in [-0.15, -0.1) is 0 Å². The molecule has 0 aromatic heterocycles. The lowest BCUT2D eigenvalue weighted by Gasteiger charge is -2.27. The molecule has 0 saturated carbocycles. The number of carbonyl (C=O) groups is 1. The summed E-state index contributed by atoms with van der Waals surface area (Å²) in [7, 11) is -0.644. The maximum absolute atomic E-state index is 10.5. The molecule has 0 aromatic rings. The Labute approximate surface area is 210 Å². The Morgan fingerprint density at radius 1 is 0.559 bits per heavy atom. The van der Waals surface area contributed by atoms with Gasteiger partial charge in [0.1, 0.15) is 5.97 Å². The van der Waals surface area contributed by atoms with Crippen LogP contribution in [0.2, 0.25) is 0 Å². The highest BCUT2D eigenvalue weighted by Gasteiger charge is 2.33. The van der Waals surface area contributed by atoms with Crippen LogP contribution in [0.3, 0.4) is 0 Å². The van der Waals surface area contributed by atoms with Crippen LogP contribution in [0.1, 0.15) is 143 Å². The molecule has 0 bridgehead atoms. The zero-order valence-electron chi connectivity index (χ0n) is 23.0. The molecular weight excluding hydrogens is 456 g/mol. The van der Waals surface area contributed by atoms with Gasteiger partial charge < -0.3 is 9.90 Å². The topological polar surface area (TPSA) is 40.1 Å². The smallest absolute Gasteiger partial charge is 0.430 e. The van der Waals surface area contributed by atoms with E-state index in [1.54, 1.807) is 18.5 Å². The van der Waals surface area contributed by atoms with Crippen molar-refractivity contribution in [2.75, 3.05) is 24.6 Å². The Morgan fingerprint density at radius 3 is 1.00 bits per heavy atom. The fourth-order valence-corrected chi connectivity index (χ4v) is 8.80. The average Bonchev–Trinajstić information content (AvgIpc) is 2.80. The molecule has 34 heavy (non-hydrogen) atoms. The van der Waals surface area contributed by atoms with Crippen LogP contribution in [0.5, 0.6) is 0 Å². The second-order valence-corrected chi connectivity index (χ2v) is 14.6. The summed E-state index contributed by atoms with van der Waals surface area (Å²) in [5.41, 5.74) is 0. The zero-order chi connectivity index (χ0) is 26.1. The Hall–Kier alpha value is -0.310. The minimum atomic E-state index is -5.19. The second kappa shape index (κ2) is 24.4. The minimum Gasteiger partial charge on any atom is -0.542 e. The summed E-state index contributed by atoms with van der Waals surface area (Å²) in [4.78, 5) is 8.78. The molecule has 0 heterocycles. The molecule has 0 spiro atoms. The van der Waals surface area contributed by atoms with Gasteiger partial charge in [-0.25, -0.2) is 0 Å². The van der Waals surface area contributed by atoms with Crippen LogP contribution in [-0.2, 0) is 4.79 Å². The van der Waals surface area contributed by atoms with Crippen molar-refractivity contribution >= 4 is 13.2 Å². The molecule has 0 rings (SSSR count). The summed E-state index contributed by atoms with van der Waals surface area (Å²) >= 11 is 0. The monoisotopic (exact) mass is 512 g/mol. The van der Waals surface area contributed by atoms with E-state index in [1.807, 2.05) is 0 Å². The fraction of sp³-hybridized carbons (Fsp3) is 0.964. The maximum Gasteiger partial charge on any atom is 0.430 e. The SMILES string of the molecule is CCCCCCCC[P+](CC)(CCCCCCCC)CCCCCCCC.O=C([O-])C(F)(F)F. The molecule has 2 nitrogen and oxygen atoms in total. The van der Waals surface area contributed by atoms with Crippen molar-refractivity contribution < 1.29 is 23.1 Å². The van der Waals surface area contributed by atoms with Crippen molar-refractivity contribution in [3.8, 4) is 0 Å². The van der Waals surface area contributed by atoms with Gasteiger partial charge in [-0.1, -0.05) is 97.8 Å². The minimum absolute atomic E-state index is 0.644. The van der Waals surface area contributed by atoms with Crippen LogP contribution >= 0.6 is 7.26 Å². The van der Waals surface area contributed by atoms with Crippen LogP contribution in [-0.4, -0.2) is 36.8 Å². The van der Waals surface area contributed by atoms with E-state index in [2.05, 4.69) is 27.7 Å². The number of carbonyl (C=O) groups excluding carboxylic acids is 1. The lowest BCUT2D eigenvalue weighted by molar-refractivity contribution is -0.344. The number of hydrogen-bond acceptors (Lipinski definition) is 2. The lowest BCUT2D eigenvalue weighted by atomic mass is 10.1. The number of rotatable bonds is 22. The van der Waals surface area contributed by atoms with Gasteiger partial charge in [0.05, 0.1) is 24.6 Å². The molecule has 0 unspecified atom stereocenters. The van der Waals surface area contributed by atoms with Crippen molar-refractivity contribution in [2.45, 2.75) is 149 Å². The highest BCUT2D eigenvalue weighted by atomic mass is 31.2. The van der Waals surface area contributed by atoms with E-state index in [0.717, 1.165) is 0 Å². The number of hydrogen-bond donors (Lipinski definition) is 0. The number of alkyl halides is 3. The summed E-state index contributed by atoms with van der Waals surface area (Å²) in [6.07, 6.45) is 27.7. The van der Waals surface area contributed by atoms with Gasteiger partial charge in [0.2, 0.25) is 0 Å². The van der Waals surface area contributed by atoms with E-state index in [0.29, 0.717) is 0 Å². The summed E-state index contributed by atoms with van der Waals surface area (Å²) in [5.74, 6) is -3.01. The number of unbranched alkanes of at least 4 members (excludes halogenated alkanes) is 15. The third kappa shape index (κ3) is 23.4. The number of carboxylic acid groups (broad SMARTS) is 1. The van der Waals surface area contributed by atoms with E-state index in [-0.39, 0.29) is 0 Å². The molecule has 6 heteroatoms. The number of aliphatic carboxylic acids is 1. The van der Waals surface area contributed by atoms with Crippen LogP contribution in [0.25, 0.3) is 0 Å². The fourth-order valence-electron chi connectivity index (χ4n) is 4.49. The van der Waals surface area contributed by atoms with Crippen molar-refractivity contribution in [1.82, 2.24) is 0 Å². The van der Waals surface area contributed by atoms with Gasteiger partial charge in [-0.2, -0.15) is 13.2 Å². The Morgan fingerprint density at radius 2 is 0.794 bits per heavy atom. The molecule has 0 aliphatic rings. The largest absolute Gasteiger partial charge is 0.542 e. The molecule has 0 aromatic carbocycles. The number of halogens is 3. The van der Waals surface area contributed by atoms with Crippen LogP contribution in [0.15, 0.2) is 0 Å². The van der Waals surface area contributed by atoms with Crippen molar-refractivity contribution in [2.24, 2.45) is 0 Å². The summed E-state index contributed by atoms with van der Waals surface area (Å²) in [6.45, 7) is 9.52. The molecule has 206 valence electrons. The Bertz CT molecular complexity index is 401. The highest BCUT2D eigenvalue weighted by Crippen LogP contribution is 2.60. The summed E-state index contributed by atoms with van der Waals surface area (Å²) in [5, 5.41) is 8.78. The molecular formula is C28H56F3O2P. The normalized spacial score (nSPS) is 11.9. The first-order valence-corrected chi connectivity index (χ1v) is 16.8. The van der Waals surface area contributed by atoms with Crippen molar-refractivity contribution in [3.05, 3.63) is 0 Å². The third-order valence-corrected chi connectivity index (χ3v) is 12.0. The maximum atomic E-state index is 10.5. The van der Waals surface area contributed by atoms with E-state index < -0.39 is 19.4 Å². The van der Waals surface area contributed by atoms with E-state index in [4.69, 9.17) is 9.90 Å². The van der Waals surface area contributed by atoms with E-state index in [1.165, 1.54) is 122 Å². The quantitative estimate of drug-likeness (QED) is 0.107. The first-order valence-electron chi connectivity index (χ1n) is 14.3. The molecule has 0 N–H and O–H groups in total. The zero-order valence-corrected chi connectivity index (χ0v) is 23.8. The predicted molar refractivity (Wildman–Crippen MR) is 143 cm³/mol. The Balaban J connectivity index is 0. The van der Waals surface area contributed by atoms with Gasteiger partial charge in [-0.3, -0.25) is 0 Å². The van der Waals surface area contributed by atoms with Gasteiger partial charge >= 0.3 is 6.18 Å². The predicted octanol–water partition coefficient (Wildman–Crippen LogP) is 9.40. The van der Waals surface area contributed by atoms with Gasteiger partial charge in [-0.05, 0) is 45.4 Å². The third-order valence-electron chi connectivity index (χ3n) is 6.86. The lowest BCUT2D eigenvalue weighted by Crippen LogP contribution is -2.37. The molecule has 0 aliphatic carbocycles. The average molecular weight is 513 g/mol. The molecule has 0 aliphatic heterocycles. The Kier molecular flexibility index (Phi) is 25.7. The highest BCUT2D eigenvalue weighted by molar-refractivity contribution is 7.75. The van der Waals surface area contributed by atoms with Gasteiger partial charge in [0.15, 0.2) is 0 Å². The molecule has 0 amide bonds. The van der Waals surface area contributed by atoms with Crippen molar-refractivity contribution in [3.63, 3.8) is 0 Å². The molecule has 0 saturated heterocycles. The van der Waals surface area contributed by atoms with Gasteiger partial charge in [0, 0.05) is 7.26 Å². The van der Waals surface area contributed by atoms with Crippen LogP contribution in [0.4, 0.5) is 13.2 Å².